The molecule has 0 saturated carbocycles. The van der Waals surface area contributed by atoms with Crippen molar-refractivity contribution in [3.63, 3.8) is 0 Å². The molecule has 66 valence electrons. The van der Waals surface area contributed by atoms with Crippen LogP contribution in [0.25, 0.3) is 0 Å². The summed E-state index contributed by atoms with van der Waals surface area (Å²) in [6.45, 7) is 1.62. The average molecular weight is 168 g/mol. The summed E-state index contributed by atoms with van der Waals surface area (Å²) in [6, 6.07) is 1.20. The number of nitrogens with two attached hydrogens (primary N) is 1. The Morgan fingerprint density at radius 2 is 2.50 bits per heavy atom. The molecule has 0 aliphatic carbocycles. The summed E-state index contributed by atoms with van der Waals surface area (Å²) in [6.07, 6.45) is 1.75. The molecule has 3 N–H and O–H groups in total. The van der Waals surface area contributed by atoms with Gasteiger partial charge in [-0.1, -0.05) is 0 Å². The van der Waals surface area contributed by atoms with Crippen LogP contribution >= 0.6 is 0 Å². The zero-order chi connectivity index (χ0) is 9.14. The van der Waals surface area contributed by atoms with E-state index >= 15 is 0 Å². The minimum atomic E-state index is -0.507. The lowest BCUT2D eigenvalue weighted by Gasteiger charge is -2.03. The molecule has 0 spiro atoms. The van der Waals surface area contributed by atoms with Gasteiger partial charge in [0.1, 0.15) is 0 Å². The van der Waals surface area contributed by atoms with Gasteiger partial charge >= 0.3 is 0 Å². The molecule has 1 aromatic heterocycles. The van der Waals surface area contributed by atoms with E-state index in [1.807, 2.05) is 0 Å². The number of aromatic nitrogens is 2. The maximum atomic E-state index is 11.0. The van der Waals surface area contributed by atoms with E-state index in [0.717, 1.165) is 0 Å². The molecule has 0 aliphatic rings. The highest BCUT2D eigenvalue weighted by Crippen LogP contribution is 2.00. The van der Waals surface area contributed by atoms with Crippen LogP contribution in [0.3, 0.4) is 0 Å². The van der Waals surface area contributed by atoms with Crippen molar-refractivity contribution in [1.29, 1.82) is 0 Å². The lowest BCUT2D eigenvalue weighted by molar-refractivity contribution is -0.117. The lowest BCUT2D eigenvalue weighted by atomic mass is 10.3. The number of hydrogen-bond acceptors (Lipinski definition) is 3. The van der Waals surface area contributed by atoms with E-state index in [9.17, 15) is 4.79 Å². The summed E-state index contributed by atoms with van der Waals surface area (Å²) in [5, 5.41) is 6.53. The highest BCUT2D eigenvalue weighted by atomic mass is 16.2. The molecule has 0 aliphatic heterocycles. The number of amides is 1. The first kappa shape index (κ1) is 8.73. The highest BCUT2D eigenvalue weighted by Gasteiger charge is 2.07. The number of rotatable bonds is 2. The van der Waals surface area contributed by atoms with E-state index in [-0.39, 0.29) is 5.91 Å². The molecule has 1 amide bonds. The molecule has 5 heteroatoms. The van der Waals surface area contributed by atoms with Gasteiger partial charge < -0.3 is 11.1 Å². The second-order valence-electron chi connectivity index (χ2n) is 2.65. The fourth-order valence-electron chi connectivity index (χ4n) is 0.722. The van der Waals surface area contributed by atoms with Crippen LogP contribution in [-0.2, 0) is 11.8 Å². The topological polar surface area (TPSA) is 72.9 Å². The first-order valence-electron chi connectivity index (χ1n) is 3.65. The highest BCUT2D eigenvalue weighted by molar-refractivity contribution is 5.93. The van der Waals surface area contributed by atoms with Gasteiger partial charge in [-0.05, 0) is 6.92 Å². The normalized spacial score (nSPS) is 12.6. The summed E-state index contributed by atoms with van der Waals surface area (Å²) < 4.78 is 1.61. The molecule has 0 fully saturated rings. The Balaban J connectivity index is 2.58. The number of carbonyl (C=O) groups excluding carboxylic acids is 1. The quantitative estimate of drug-likeness (QED) is 0.637. The molecular weight excluding hydrogens is 156 g/mol. The molecule has 0 unspecified atom stereocenters. The molecule has 1 aromatic rings. The van der Waals surface area contributed by atoms with Crippen molar-refractivity contribution in [3.05, 3.63) is 12.3 Å². The van der Waals surface area contributed by atoms with E-state index in [1.54, 1.807) is 30.9 Å². The van der Waals surface area contributed by atoms with Crippen molar-refractivity contribution < 1.29 is 4.79 Å². The average Bonchev–Trinajstić information content (AvgIpc) is 2.35. The second-order valence-corrected chi connectivity index (χ2v) is 2.65. The number of hydrogen-bond donors (Lipinski definition) is 2. The lowest BCUT2D eigenvalue weighted by Crippen LogP contribution is -2.32. The van der Waals surface area contributed by atoms with E-state index in [2.05, 4.69) is 10.4 Å². The molecule has 0 bridgehead atoms. The summed E-state index contributed by atoms with van der Waals surface area (Å²) in [4.78, 5) is 11.0. The summed E-state index contributed by atoms with van der Waals surface area (Å²) in [5.41, 5.74) is 5.34. The fourth-order valence-corrected chi connectivity index (χ4v) is 0.722. The van der Waals surface area contributed by atoms with E-state index < -0.39 is 6.04 Å². The molecule has 1 rings (SSSR count). The predicted molar refractivity (Wildman–Crippen MR) is 45.5 cm³/mol. The van der Waals surface area contributed by atoms with Gasteiger partial charge in [-0.3, -0.25) is 9.48 Å². The van der Waals surface area contributed by atoms with Crippen molar-refractivity contribution in [3.8, 4) is 0 Å². The van der Waals surface area contributed by atoms with Crippen LogP contribution < -0.4 is 11.1 Å². The molecule has 0 radical (unpaired) electrons. The van der Waals surface area contributed by atoms with Crippen LogP contribution in [-0.4, -0.2) is 21.7 Å². The standard InChI is InChI=1S/C7H12N4O/c1-5(8)7(12)9-6-3-4-11(2)10-6/h3-5H,8H2,1-2H3,(H,9,10,12)/t5-/m0/s1. The first-order chi connectivity index (χ1) is 5.59. The van der Waals surface area contributed by atoms with Gasteiger partial charge in [-0.2, -0.15) is 5.10 Å². The number of carbonyl (C=O) groups is 1. The third-order valence-electron chi connectivity index (χ3n) is 1.38. The first-order valence-corrected chi connectivity index (χ1v) is 3.65. The third-order valence-corrected chi connectivity index (χ3v) is 1.38. The van der Waals surface area contributed by atoms with Crippen LogP contribution in [0.4, 0.5) is 5.82 Å². The molecule has 1 atom stereocenters. The van der Waals surface area contributed by atoms with Crippen molar-refractivity contribution in [2.45, 2.75) is 13.0 Å². The summed E-state index contributed by atoms with van der Waals surface area (Å²) in [7, 11) is 1.78. The predicted octanol–water partition coefficient (Wildman–Crippen LogP) is -0.294. The molecule has 5 nitrogen and oxygen atoms in total. The Morgan fingerprint density at radius 1 is 1.83 bits per heavy atom. The van der Waals surface area contributed by atoms with Crippen LogP contribution in [0.5, 0.6) is 0 Å². The maximum Gasteiger partial charge on any atom is 0.242 e. The summed E-state index contributed by atoms with van der Waals surface area (Å²) in [5.74, 6) is 0.300. The Bertz CT molecular complexity index is 279. The molecule has 12 heavy (non-hydrogen) atoms. The van der Waals surface area contributed by atoms with Crippen molar-refractivity contribution >= 4 is 11.7 Å². The minimum Gasteiger partial charge on any atom is -0.320 e. The fraction of sp³-hybridized carbons (Fsp3) is 0.429. The number of anilines is 1. The second kappa shape index (κ2) is 3.36. The molecule has 1 heterocycles. The van der Waals surface area contributed by atoms with E-state index in [4.69, 9.17) is 5.73 Å². The smallest absolute Gasteiger partial charge is 0.242 e. The largest absolute Gasteiger partial charge is 0.320 e. The van der Waals surface area contributed by atoms with E-state index in [1.165, 1.54) is 0 Å². The zero-order valence-corrected chi connectivity index (χ0v) is 7.11. The van der Waals surface area contributed by atoms with E-state index in [0.29, 0.717) is 5.82 Å². The van der Waals surface area contributed by atoms with Gasteiger partial charge in [0.05, 0.1) is 6.04 Å². The molecule has 0 saturated heterocycles. The van der Waals surface area contributed by atoms with Gasteiger partial charge in [0.2, 0.25) is 5.91 Å². The van der Waals surface area contributed by atoms with Gasteiger partial charge in [-0.15, -0.1) is 0 Å². The number of nitrogens with one attached hydrogen (secondary N) is 1. The Morgan fingerprint density at radius 3 is 2.92 bits per heavy atom. The van der Waals surface area contributed by atoms with Crippen LogP contribution in [0, 0.1) is 0 Å². The maximum absolute atomic E-state index is 11.0. The SMILES string of the molecule is C[C@H](N)C(=O)Nc1ccn(C)n1. The monoisotopic (exact) mass is 168 g/mol. The summed E-state index contributed by atoms with van der Waals surface area (Å²) >= 11 is 0. The minimum absolute atomic E-state index is 0.228. The Labute approximate surface area is 70.5 Å². The molecule has 0 aromatic carbocycles. The Kier molecular flexibility index (Phi) is 2.44. The van der Waals surface area contributed by atoms with Crippen molar-refractivity contribution in [1.82, 2.24) is 9.78 Å². The van der Waals surface area contributed by atoms with Gasteiger partial charge in [-0.25, -0.2) is 0 Å². The van der Waals surface area contributed by atoms with Crippen molar-refractivity contribution in [2.24, 2.45) is 12.8 Å². The zero-order valence-electron chi connectivity index (χ0n) is 7.11. The third kappa shape index (κ3) is 2.06. The van der Waals surface area contributed by atoms with Crippen LogP contribution in [0.15, 0.2) is 12.3 Å². The molecular formula is C7H12N4O. The van der Waals surface area contributed by atoms with Crippen LogP contribution in [0.2, 0.25) is 0 Å². The number of aryl methyl sites for hydroxylation is 1. The van der Waals surface area contributed by atoms with Crippen molar-refractivity contribution in [2.75, 3.05) is 5.32 Å². The number of nitrogens with zero attached hydrogens (tertiary/aromatic N) is 2. The van der Waals surface area contributed by atoms with Gasteiger partial charge in [0.25, 0.3) is 0 Å². The van der Waals surface area contributed by atoms with Gasteiger partial charge in [0, 0.05) is 19.3 Å². The van der Waals surface area contributed by atoms with Crippen LogP contribution in [0.1, 0.15) is 6.92 Å². The Hall–Kier alpha value is -1.36. The van der Waals surface area contributed by atoms with Gasteiger partial charge in [0.15, 0.2) is 5.82 Å².